The molecule has 8 heteroatoms. The topological polar surface area (TPSA) is 58.5 Å². The molecule has 4 aromatic heterocycles. The Morgan fingerprint density at radius 1 is 0.356 bits per heavy atom. The van der Waals surface area contributed by atoms with Crippen LogP contribution in [-0.2, 0) is 5.41 Å². The lowest BCUT2D eigenvalue weighted by molar-refractivity contribution is 0.619. The van der Waals surface area contributed by atoms with Crippen LogP contribution in [0.5, 0.6) is 0 Å². The van der Waals surface area contributed by atoms with Gasteiger partial charge in [-0.1, -0.05) is 98.8 Å². The molecule has 0 amide bonds. The summed E-state index contributed by atoms with van der Waals surface area (Å²) in [4.78, 5) is 14.4. The summed E-state index contributed by atoms with van der Waals surface area (Å²) >= 11 is 3.68. The van der Waals surface area contributed by atoms with Crippen LogP contribution in [-0.4, -0.2) is 9.97 Å². The summed E-state index contributed by atoms with van der Waals surface area (Å²) in [5.41, 5.74) is 16.3. The molecule has 4 heterocycles. The summed E-state index contributed by atoms with van der Waals surface area (Å²) in [6.45, 7) is 4.74. The largest absolute Gasteiger partial charge is 0.436 e. The number of hydrogen-bond acceptors (Lipinski definition) is 8. The minimum absolute atomic E-state index is 0.327. The first-order chi connectivity index (χ1) is 35.9. The number of hydrogen-bond donors (Lipinski definition) is 0. The molecule has 15 rings (SSSR count). The summed E-state index contributed by atoms with van der Waals surface area (Å²) in [5, 5.41) is 5.12. The summed E-state index contributed by atoms with van der Waals surface area (Å²) < 4.78 is 17.5. The van der Waals surface area contributed by atoms with Gasteiger partial charge in [-0.2, -0.15) is 0 Å². The molecule has 1 aliphatic carbocycles. The van der Waals surface area contributed by atoms with Crippen molar-refractivity contribution in [2.75, 3.05) is 9.80 Å². The Bertz CT molecular complexity index is 4150. The first-order valence-corrected chi connectivity index (χ1v) is 26.2. The van der Waals surface area contributed by atoms with Crippen LogP contribution in [0.1, 0.15) is 25.0 Å². The molecule has 346 valence electrons. The normalized spacial score (nSPS) is 12.9. The zero-order valence-corrected chi connectivity index (χ0v) is 41.3. The van der Waals surface area contributed by atoms with Gasteiger partial charge in [-0.15, -0.1) is 22.7 Å². The number of benzene rings is 10. The Hall–Kier alpha value is -8.82. The fraction of sp³-hybridized carbons (Fsp3) is 0.0462. The van der Waals surface area contributed by atoms with Crippen LogP contribution in [0.3, 0.4) is 0 Å². The van der Waals surface area contributed by atoms with Gasteiger partial charge < -0.3 is 18.6 Å². The van der Waals surface area contributed by atoms with E-state index in [1.54, 1.807) is 0 Å². The van der Waals surface area contributed by atoms with Gasteiger partial charge >= 0.3 is 0 Å². The van der Waals surface area contributed by atoms with Gasteiger partial charge in [0.2, 0.25) is 11.8 Å². The highest BCUT2D eigenvalue weighted by Crippen LogP contribution is 2.53. The van der Waals surface area contributed by atoms with E-state index in [-0.39, 0.29) is 5.41 Å². The number of nitrogens with zero attached hydrogens (tertiary/aromatic N) is 4. The summed E-state index contributed by atoms with van der Waals surface area (Å²) in [6, 6.07) is 78.3. The minimum atomic E-state index is -0.327. The van der Waals surface area contributed by atoms with E-state index in [0.29, 0.717) is 11.8 Å². The van der Waals surface area contributed by atoms with E-state index in [1.807, 2.05) is 71.2 Å². The molecule has 73 heavy (non-hydrogen) atoms. The van der Waals surface area contributed by atoms with Crippen molar-refractivity contribution < 1.29 is 8.83 Å². The van der Waals surface area contributed by atoms with Crippen LogP contribution in [0.2, 0.25) is 0 Å². The number of anilines is 6. The maximum Gasteiger partial charge on any atom is 0.227 e. The highest BCUT2D eigenvalue weighted by molar-refractivity contribution is 7.26. The average molecular weight is 975 g/mol. The Morgan fingerprint density at radius 2 is 0.726 bits per heavy atom. The number of oxazole rings is 2. The Morgan fingerprint density at radius 3 is 1.18 bits per heavy atom. The van der Waals surface area contributed by atoms with Crippen LogP contribution < -0.4 is 9.80 Å². The molecule has 0 spiro atoms. The van der Waals surface area contributed by atoms with Gasteiger partial charge in [0.05, 0.1) is 0 Å². The van der Waals surface area contributed by atoms with Gasteiger partial charge in [-0.05, 0) is 156 Å². The molecule has 1 aliphatic rings. The number of aromatic nitrogens is 2. The molecular weight excluding hydrogens is 933 g/mol. The molecule has 0 aliphatic heterocycles. The van der Waals surface area contributed by atoms with Crippen LogP contribution >= 0.6 is 22.7 Å². The van der Waals surface area contributed by atoms with Crippen molar-refractivity contribution in [2.24, 2.45) is 0 Å². The van der Waals surface area contributed by atoms with Gasteiger partial charge in [-0.3, -0.25) is 0 Å². The lowest BCUT2D eigenvalue weighted by Crippen LogP contribution is -2.17. The maximum atomic E-state index is 6.21. The molecule has 0 bridgehead atoms. The minimum Gasteiger partial charge on any atom is -0.436 e. The van der Waals surface area contributed by atoms with Crippen LogP contribution in [0.4, 0.5) is 34.1 Å². The summed E-state index contributed by atoms with van der Waals surface area (Å²) in [6.07, 6.45) is 0. The number of rotatable bonds is 8. The molecular formula is C65H42N4O2S2. The highest BCUT2D eigenvalue weighted by Gasteiger charge is 2.37. The van der Waals surface area contributed by atoms with Crippen molar-refractivity contribution in [1.29, 1.82) is 0 Å². The number of para-hydroxylation sites is 4. The van der Waals surface area contributed by atoms with E-state index in [9.17, 15) is 0 Å². The van der Waals surface area contributed by atoms with E-state index in [0.717, 1.165) is 67.5 Å². The highest BCUT2D eigenvalue weighted by atomic mass is 32.1. The quantitative estimate of drug-likeness (QED) is 0.151. The second-order valence-electron chi connectivity index (χ2n) is 19.4. The summed E-state index contributed by atoms with van der Waals surface area (Å²) in [7, 11) is 0. The third kappa shape index (κ3) is 6.75. The third-order valence-electron chi connectivity index (χ3n) is 14.7. The van der Waals surface area contributed by atoms with E-state index in [1.165, 1.54) is 62.6 Å². The molecule has 0 saturated heterocycles. The van der Waals surface area contributed by atoms with Crippen molar-refractivity contribution >= 4 is 119 Å². The Balaban J connectivity index is 0.835. The number of thiophene rings is 2. The lowest BCUT2D eigenvalue weighted by atomic mass is 9.82. The monoisotopic (exact) mass is 974 g/mol. The number of fused-ring (bicyclic) bond motifs is 11. The molecule has 0 radical (unpaired) electrons. The SMILES string of the molecule is CC1(C)c2cc(N(c3ccc(-c4nc5ccccc5o4)cc3)c3ccc4c(c3)sc3ccccc34)ccc2-c2ccc(N(c3ccc(-c4nc5ccccc5o4)cc3)c3ccc4c(c3)sc3ccccc34)cc21. The molecule has 10 aromatic carbocycles. The third-order valence-corrected chi connectivity index (χ3v) is 17.0. The van der Waals surface area contributed by atoms with Crippen LogP contribution in [0, 0.1) is 0 Å². The predicted molar refractivity (Wildman–Crippen MR) is 305 cm³/mol. The maximum absolute atomic E-state index is 6.21. The molecule has 0 N–H and O–H groups in total. The second kappa shape index (κ2) is 16.1. The van der Waals surface area contributed by atoms with Crippen LogP contribution in [0.15, 0.2) is 227 Å². The van der Waals surface area contributed by atoms with E-state index in [4.69, 9.17) is 18.8 Å². The van der Waals surface area contributed by atoms with Gasteiger partial charge in [0.25, 0.3) is 0 Å². The lowest BCUT2D eigenvalue weighted by Gasteiger charge is -2.29. The van der Waals surface area contributed by atoms with Crippen molar-refractivity contribution in [3.05, 3.63) is 230 Å². The molecule has 0 atom stereocenters. The van der Waals surface area contributed by atoms with Gasteiger partial charge in [-0.25, -0.2) is 9.97 Å². The zero-order chi connectivity index (χ0) is 48.4. The van der Waals surface area contributed by atoms with E-state index < -0.39 is 0 Å². The van der Waals surface area contributed by atoms with Crippen molar-refractivity contribution in [3.63, 3.8) is 0 Å². The molecule has 14 aromatic rings. The zero-order valence-electron chi connectivity index (χ0n) is 39.7. The molecule has 0 unspecified atom stereocenters. The van der Waals surface area contributed by atoms with Crippen LogP contribution in [0.25, 0.3) is 96.6 Å². The molecule has 0 fully saturated rings. The van der Waals surface area contributed by atoms with Gasteiger partial charge in [0.15, 0.2) is 11.2 Å². The summed E-state index contributed by atoms with van der Waals surface area (Å²) in [5.74, 6) is 1.22. The fourth-order valence-electron chi connectivity index (χ4n) is 11.1. The van der Waals surface area contributed by atoms with Crippen molar-refractivity contribution in [1.82, 2.24) is 9.97 Å². The average Bonchev–Trinajstić information content (AvgIpc) is 4.27. The second-order valence-corrected chi connectivity index (χ2v) is 21.5. The van der Waals surface area contributed by atoms with E-state index >= 15 is 0 Å². The predicted octanol–water partition coefficient (Wildman–Crippen LogP) is 19.3. The molecule has 0 saturated carbocycles. The smallest absolute Gasteiger partial charge is 0.227 e. The van der Waals surface area contributed by atoms with Crippen molar-refractivity contribution in [3.8, 4) is 34.0 Å². The molecule has 6 nitrogen and oxygen atoms in total. The van der Waals surface area contributed by atoms with Gasteiger partial charge in [0.1, 0.15) is 11.0 Å². The standard InChI is InChI=1S/C65H42N4O2S2/c1-65(2)53-35-43(68(45-29-33-51-49-11-3-9-17-59(49)72-61(51)37-45)41-23-19-39(20-24-41)63-66-55-13-5-7-15-57(55)70-63)27-31-47(53)48-32-28-44(36-54(48)65)69(46-30-34-52-50-12-4-10-18-60(50)73-62(52)38-46)42-25-21-40(22-26-42)64-67-56-14-6-8-16-58(56)71-64/h3-38H,1-2H3. The van der Waals surface area contributed by atoms with Gasteiger partial charge in [0, 0.05) is 91.0 Å². The van der Waals surface area contributed by atoms with E-state index in [2.05, 4.69) is 194 Å². The Labute approximate surface area is 428 Å². The fourth-order valence-corrected chi connectivity index (χ4v) is 13.4. The first-order valence-electron chi connectivity index (χ1n) is 24.5. The first kappa shape index (κ1) is 41.9. The van der Waals surface area contributed by atoms with Crippen molar-refractivity contribution in [2.45, 2.75) is 19.3 Å². The Kier molecular flexibility index (Phi) is 9.24.